The molecule has 0 aliphatic rings. The summed E-state index contributed by atoms with van der Waals surface area (Å²) in [5.74, 6) is -0.908. The lowest BCUT2D eigenvalue weighted by Gasteiger charge is -2.20. The van der Waals surface area contributed by atoms with Crippen molar-refractivity contribution >= 4 is 12.0 Å². The van der Waals surface area contributed by atoms with E-state index < -0.39 is 5.97 Å². The van der Waals surface area contributed by atoms with Gasteiger partial charge in [0, 0.05) is 32.0 Å². The van der Waals surface area contributed by atoms with Crippen LogP contribution in [0.5, 0.6) is 0 Å². The maximum absolute atomic E-state index is 11.9. The van der Waals surface area contributed by atoms with Crippen LogP contribution in [0.15, 0.2) is 18.5 Å². The quantitative estimate of drug-likeness (QED) is 0.814. The van der Waals surface area contributed by atoms with E-state index in [4.69, 9.17) is 5.11 Å². The monoisotopic (exact) mass is 265 g/mol. The van der Waals surface area contributed by atoms with Crippen molar-refractivity contribution in [3.05, 3.63) is 29.6 Å². The lowest BCUT2D eigenvalue weighted by Crippen LogP contribution is -2.40. The number of amides is 2. The predicted octanol–water partition coefficient (Wildman–Crippen LogP) is 1.40. The number of nitrogens with one attached hydrogen (secondary N) is 1. The lowest BCUT2D eigenvalue weighted by molar-refractivity contribution is -0.137. The topological polar surface area (TPSA) is 82.5 Å². The fourth-order valence-corrected chi connectivity index (χ4v) is 1.60. The average Bonchev–Trinajstić information content (AvgIpc) is 2.38. The van der Waals surface area contributed by atoms with E-state index in [1.165, 1.54) is 4.90 Å². The summed E-state index contributed by atoms with van der Waals surface area (Å²) in [6.07, 6.45) is 3.36. The molecule has 0 unspecified atom stereocenters. The van der Waals surface area contributed by atoms with E-state index in [0.29, 0.717) is 13.1 Å². The van der Waals surface area contributed by atoms with Crippen molar-refractivity contribution in [2.45, 2.75) is 26.8 Å². The number of carboxylic acids is 1. The predicted molar refractivity (Wildman–Crippen MR) is 70.7 cm³/mol. The molecule has 6 heteroatoms. The summed E-state index contributed by atoms with van der Waals surface area (Å²) < 4.78 is 0. The molecule has 104 valence electrons. The number of rotatable bonds is 6. The molecule has 1 aromatic rings. The second kappa shape index (κ2) is 7.35. The molecule has 2 N–H and O–H groups in total. The molecule has 2 amide bonds. The van der Waals surface area contributed by atoms with Crippen molar-refractivity contribution in [1.29, 1.82) is 0 Å². The minimum absolute atomic E-state index is 0.0484. The molecule has 6 nitrogen and oxygen atoms in total. The van der Waals surface area contributed by atoms with Gasteiger partial charge in [0.05, 0.1) is 6.42 Å². The largest absolute Gasteiger partial charge is 0.481 e. The van der Waals surface area contributed by atoms with Gasteiger partial charge in [-0.2, -0.15) is 0 Å². The number of hydrogen-bond donors (Lipinski definition) is 2. The van der Waals surface area contributed by atoms with Crippen LogP contribution in [0.25, 0.3) is 0 Å². The third-order valence-electron chi connectivity index (χ3n) is 2.84. The Kier molecular flexibility index (Phi) is 5.78. The molecular weight excluding hydrogens is 246 g/mol. The second-order valence-electron chi connectivity index (χ2n) is 4.18. The Balaban J connectivity index is 2.49. The molecule has 1 rings (SSSR count). The van der Waals surface area contributed by atoms with Crippen LogP contribution >= 0.6 is 0 Å². The number of nitrogens with zero attached hydrogens (tertiary/aromatic N) is 2. The van der Waals surface area contributed by atoms with Gasteiger partial charge < -0.3 is 15.3 Å². The minimum Gasteiger partial charge on any atom is -0.481 e. The van der Waals surface area contributed by atoms with E-state index in [1.807, 2.05) is 19.9 Å². The summed E-state index contributed by atoms with van der Waals surface area (Å²) in [6, 6.07) is 1.62. The number of hydrogen-bond acceptors (Lipinski definition) is 3. The summed E-state index contributed by atoms with van der Waals surface area (Å²) in [4.78, 5) is 27.8. The van der Waals surface area contributed by atoms with Gasteiger partial charge in [-0.1, -0.05) is 0 Å². The number of urea groups is 1. The Hall–Kier alpha value is -2.11. The van der Waals surface area contributed by atoms with Crippen molar-refractivity contribution in [1.82, 2.24) is 15.2 Å². The van der Waals surface area contributed by atoms with Crippen LogP contribution in [0.4, 0.5) is 4.79 Å². The summed E-state index contributed by atoms with van der Waals surface area (Å²) in [6.45, 7) is 4.85. The van der Waals surface area contributed by atoms with Crippen LogP contribution in [0.2, 0.25) is 0 Å². The number of aromatic nitrogens is 1. The highest BCUT2D eigenvalue weighted by molar-refractivity contribution is 5.75. The minimum atomic E-state index is -0.908. The summed E-state index contributed by atoms with van der Waals surface area (Å²) in [5.41, 5.74) is 2.01. The smallest absolute Gasteiger partial charge is 0.317 e. The van der Waals surface area contributed by atoms with Crippen molar-refractivity contribution in [2.75, 3.05) is 13.1 Å². The molecule has 0 radical (unpaired) electrons. The van der Waals surface area contributed by atoms with Gasteiger partial charge in [0.15, 0.2) is 0 Å². The van der Waals surface area contributed by atoms with Gasteiger partial charge in [0.25, 0.3) is 0 Å². The Labute approximate surface area is 112 Å². The third-order valence-corrected chi connectivity index (χ3v) is 2.84. The zero-order chi connectivity index (χ0) is 14.3. The van der Waals surface area contributed by atoms with Crippen LogP contribution in [0.3, 0.4) is 0 Å². The van der Waals surface area contributed by atoms with Crippen molar-refractivity contribution in [3.8, 4) is 0 Å². The number of aliphatic carboxylic acids is 1. The summed E-state index contributed by atoms with van der Waals surface area (Å²) >= 11 is 0. The number of carbonyl (C=O) groups excluding carboxylic acids is 1. The molecule has 0 bridgehead atoms. The van der Waals surface area contributed by atoms with E-state index in [2.05, 4.69) is 10.3 Å². The van der Waals surface area contributed by atoms with Crippen molar-refractivity contribution in [3.63, 3.8) is 0 Å². The number of carbonyl (C=O) groups is 2. The summed E-state index contributed by atoms with van der Waals surface area (Å²) in [7, 11) is 0. The van der Waals surface area contributed by atoms with Crippen molar-refractivity contribution in [2.24, 2.45) is 0 Å². The zero-order valence-electron chi connectivity index (χ0n) is 11.2. The van der Waals surface area contributed by atoms with Crippen molar-refractivity contribution < 1.29 is 14.7 Å². The molecule has 0 aliphatic heterocycles. The highest BCUT2D eigenvalue weighted by Gasteiger charge is 2.12. The van der Waals surface area contributed by atoms with Gasteiger partial charge in [0.2, 0.25) is 0 Å². The van der Waals surface area contributed by atoms with Gasteiger partial charge in [-0.3, -0.25) is 9.78 Å². The first-order chi connectivity index (χ1) is 9.04. The molecule has 0 fully saturated rings. The number of carboxylic acid groups (broad SMARTS) is 1. The lowest BCUT2D eigenvalue weighted by atomic mass is 10.2. The van der Waals surface area contributed by atoms with E-state index in [9.17, 15) is 9.59 Å². The zero-order valence-corrected chi connectivity index (χ0v) is 11.2. The molecule has 19 heavy (non-hydrogen) atoms. The molecule has 0 atom stereocenters. The molecule has 0 saturated heterocycles. The number of aryl methyl sites for hydroxylation is 1. The van der Waals surface area contributed by atoms with E-state index >= 15 is 0 Å². The molecule has 0 spiro atoms. The highest BCUT2D eigenvalue weighted by Crippen LogP contribution is 2.04. The molecule has 0 aromatic carbocycles. The Morgan fingerprint density at radius 2 is 2.21 bits per heavy atom. The first kappa shape index (κ1) is 14.9. The van der Waals surface area contributed by atoms with Gasteiger partial charge in [-0.25, -0.2) is 4.79 Å². The van der Waals surface area contributed by atoms with Crippen LogP contribution in [-0.4, -0.2) is 40.1 Å². The van der Waals surface area contributed by atoms with E-state index in [1.54, 1.807) is 12.4 Å². The van der Waals surface area contributed by atoms with Crippen LogP contribution in [-0.2, 0) is 11.3 Å². The van der Waals surface area contributed by atoms with E-state index in [-0.39, 0.29) is 19.0 Å². The van der Waals surface area contributed by atoms with Gasteiger partial charge in [0.1, 0.15) is 0 Å². The molecule has 1 aromatic heterocycles. The van der Waals surface area contributed by atoms with E-state index in [0.717, 1.165) is 11.1 Å². The first-order valence-electron chi connectivity index (χ1n) is 6.18. The average molecular weight is 265 g/mol. The Morgan fingerprint density at radius 1 is 1.47 bits per heavy atom. The number of pyridine rings is 1. The molecular formula is C13H19N3O3. The van der Waals surface area contributed by atoms with Crippen LogP contribution in [0.1, 0.15) is 24.5 Å². The Bertz CT molecular complexity index is 449. The third kappa shape index (κ3) is 4.95. The van der Waals surface area contributed by atoms with Gasteiger partial charge in [-0.15, -0.1) is 0 Å². The second-order valence-corrected chi connectivity index (χ2v) is 4.18. The fourth-order valence-electron chi connectivity index (χ4n) is 1.60. The molecule has 0 saturated carbocycles. The highest BCUT2D eigenvalue weighted by atomic mass is 16.4. The standard InChI is InChI=1S/C13H19N3O3/c1-3-16(7-5-12(17)18)13(19)15-9-11-8-14-6-4-10(11)2/h4,6,8H,3,5,7,9H2,1-2H3,(H,15,19)(H,17,18). The van der Waals surface area contributed by atoms with Gasteiger partial charge >= 0.3 is 12.0 Å². The molecule has 0 aliphatic carbocycles. The van der Waals surface area contributed by atoms with Gasteiger partial charge in [-0.05, 0) is 31.0 Å². The van der Waals surface area contributed by atoms with Crippen LogP contribution < -0.4 is 5.32 Å². The first-order valence-corrected chi connectivity index (χ1v) is 6.18. The van der Waals surface area contributed by atoms with Crippen LogP contribution in [0, 0.1) is 6.92 Å². The normalized spacial score (nSPS) is 10.0. The Morgan fingerprint density at radius 3 is 2.79 bits per heavy atom. The SMILES string of the molecule is CCN(CCC(=O)O)C(=O)NCc1cnccc1C. The fraction of sp³-hybridized carbons (Fsp3) is 0.462. The maximum Gasteiger partial charge on any atom is 0.317 e. The maximum atomic E-state index is 11.9. The molecule has 1 heterocycles. The summed E-state index contributed by atoms with van der Waals surface area (Å²) in [5, 5.41) is 11.4.